The van der Waals surface area contributed by atoms with E-state index in [1.165, 1.54) is 36.1 Å². The first-order valence-electron chi connectivity index (χ1n) is 9.85. The second kappa shape index (κ2) is 7.31. The highest BCUT2D eigenvalue weighted by atomic mass is 35.5. The zero-order valence-electron chi connectivity index (χ0n) is 17.2. The Hall–Kier alpha value is -1.88. The normalized spacial score (nSPS) is 28.8. The quantitative estimate of drug-likeness (QED) is 0.555. The lowest BCUT2D eigenvalue weighted by atomic mass is 9.86. The van der Waals surface area contributed by atoms with Crippen molar-refractivity contribution in [2.45, 2.75) is 56.7 Å². The number of nitrogens with zero attached hydrogens (tertiary/aromatic N) is 3. The number of halogens is 4. The first-order valence-corrected chi connectivity index (χ1v) is 10.6. The van der Waals surface area contributed by atoms with Gasteiger partial charge in [0.1, 0.15) is 46.9 Å². The summed E-state index contributed by atoms with van der Waals surface area (Å²) in [7, 11) is 0. The molecule has 5 atom stereocenters. The molecule has 2 fully saturated rings. The first kappa shape index (κ1) is 21.9. The van der Waals surface area contributed by atoms with Crippen LogP contribution in [0.25, 0.3) is 11.0 Å². The Morgan fingerprint density at radius 1 is 1.12 bits per heavy atom. The monoisotopic (exact) mass is 485 g/mol. The van der Waals surface area contributed by atoms with Crippen LogP contribution in [0.4, 0.5) is 8.78 Å². The summed E-state index contributed by atoms with van der Waals surface area (Å²) in [6.45, 7) is 4.94. The van der Waals surface area contributed by atoms with Crippen LogP contribution in [0.5, 0.6) is 0 Å². The molecule has 0 amide bonds. The van der Waals surface area contributed by atoms with Crippen LogP contribution < -0.4 is 0 Å². The van der Waals surface area contributed by atoms with E-state index >= 15 is 0 Å². The Balaban J connectivity index is 1.60. The van der Waals surface area contributed by atoms with Crippen molar-refractivity contribution in [2.75, 3.05) is 0 Å². The average Bonchev–Trinajstić information content (AvgIpc) is 3.32. The molecule has 2 aromatic heterocycles. The molecule has 2 aliphatic rings. The number of hydrogen-bond acceptors (Lipinski definition) is 6. The van der Waals surface area contributed by atoms with E-state index in [-0.39, 0.29) is 26.8 Å². The molecule has 3 aromatic rings. The van der Waals surface area contributed by atoms with Gasteiger partial charge in [0.2, 0.25) is 0 Å². The second-order valence-corrected chi connectivity index (χ2v) is 9.30. The van der Waals surface area contributed by atoms with E-state index in [0.29, 0.717) is 0 Å². The fourth-order valence-corrected chi connectivity index (χ4v) is 4.76. The summed E-state index contributed by atoms with van der Waals surface area (Å²) >= 11 is 11.9. The summed E-state index contributed by atoms with van der Waals surface area (Å²) < 4.78 is 48.6. The van der Waals surface area contributed by atoms with Crippen LogP contribution in [0.1, 0.15) is 32.6 Å². The summed E-state index contributed by atoms with van der Waals surface area (Å²) in [5.74, 6) is -2.30. The number of aromatic nitrogens is 3. The molecule has 1 N–H and O–H groups in total. The zero-order valence-corrected chi connectivity index (χ0v) is 18.7. The van der Waals surface area contributed by atoms with Gasteiger partial charge in [-0.1, -0.05) is 29.3 Å². The Morgan fingerprint density at radius 2 is 1.84 bits per heavy atom. The topological polar surface area (TPSA) is 78.6 Å². The van der Waals surface area contributed by atoms with Crippen LogP contribution in [-0.2, 0) is 19.8 Å². The standard InChI is InChI=1S/C21H19Cl2F2N3O4/c1-20(2)31-14-15(32-20)19(28-7-12(25)13-17(23)26-8-27-18(13)28)30-16(14)21(3,29)9-4-5-10(22)11(24)6-9/h4-8,14-16,19,29H,1-3H3/t14-,15+,16-,19+,21?/m0/s1. The molecule has 5 rings (SSSR count). The molecule has 170 valence electrons. The van der Waals surface area contributed by atoms with Crippen LogP contribution in [-0.4, -0.2) is 43.7 Å². The number of aliphatic hydroxyl groups is 1. The number of ether oxygens (including phenoxy) is 3. The molecule has 0 saturated carbocycles. The molecule has 2 saturated heterocycles. The van der Waals surface area contributed by atoms with Crippen molar-refractivity contribution in [1.29, 1.82) is 0 Å². The first-order chi connectivity index (χ1) is 15.0. The minimum Gasteiger partial charge on any atom is -0.383 e. The Kier molecular flexibility index (Phi) is 5.01. The predicted molar refractivity (Wildman–Crippen MR) is 111 cm³/mol. The van der Waals surface area contributed by atoms with Gasteiger partial charge >= 0.3 is 0 Å². The van der Waals surface area contributed by atoms with Crippen molar-refractivity contribution in [3.05, 3.63) is 58.1 Å². The third kappa shape index (κ3) is 3.30. The van der Waals surface area contributed by atoms with Gasteiger partial charge in [0.05, 0.1) is 10.4 Å². The molecule has 11 heteroatoms. The van der Waals surface area contributed by atoms with E-state index in [0.717, 1.165) is 6.07 Å². The molecule has 0 spiro atoms. The van der Waals surface area contributed by atoms with Gasteiger partial charge in [-0.15, -0.1) is 0 Å². The van der Waals surface area contributed by atoms with Gasteiger partial charge in [0.15, 0.2) is 17.8 Å². The minimum absolute atomic E-state index is 0.0371. The van der Waals surface area contributed by atoms with Crippen molar-refractivity contribution < 1.29 is 28.1 Å². The minimum atomic E-state index is -1.69. The highest BCUT2D eigenvalue weighted by molar-refractivity contribution is 6.34. The molecule has 1 unspecified atom stereocenters. The molecule has 2 aliphatic heterocycles. The van der Waals surface area contributed by atoms with Crippen LogP contribution in [0, 0.1) is 11.6 Å². The van der Waals surface area contributed by atoms with Crippen LogP contribution >= 0.6 is 23.2 Å². The molecule has 4 heterocycles. The highest BCUT2D eigenvalue weighted by Gasteiger charge is 2.61. The Bertz CT molecular complexity index is 1220. The van der Waals surface area contributed by atoms with Crippen molar-refractivity contribution in [3.8, 4) is 0 Å². The molecule has 7 nitrogen and oxygen atoms in total. The lowest BCUT2D eigenvalue weighted by Crippen LogP contribution is -2.45. The van der Waals surface area contributed by atoms with Crippen LogP contribution in [0.2, 0.25) is 10.2 Å². The summed E-state index contributed by atoms with van der Waals surface area (Å²) in [6.07, 6.45) is -0.955. The lowest BCUT2D eigenvalue weighted by molar-refractivity contribution is -0.221. The summed E-state index contributed by atoms with van der Waals surface area (Å²) in [4.78, 5) is 7.97. The van der Waals surface area contributed by atoms with Gasteiger partial charge in [-0.2, -0.15) is 0 Å². The van der Waals surface area contributed by atoms with Crippen LogP contribution in [0.15, 0.2) is 30.7 Å². The molecular formula is C21H19Cl2F2N3O4. The second-order valence-electron chi connectivity index (χ2n) is 8.54. The van der Waals surface area contributed by atoms with Gasteiger partial charge in [-0.05, 0) is 38.5 Å². The average molecular weight is 486 g/mol. The number of fused-ring (bicyclic) bond motifs is 2. The predicted octanol–water partition coefficient (Wildman–Crippen LogP) is 4.34. The van der Waals surface area contributed by atoms with Crippen LogP contribution in [0.3, 0.4) is 0 Å². The third-order valence-corrected chi connectivity index (χ3v) is 6.47. The Morgan fingerprint density at radius 3 is 2.56 bits per heavy atom. The maximum absolute atomic E-state index is 14.7. The Labute approximate surface area is 191 Å². The third-order valence-electron chi connectivity index (χ3n) is 5.88. The zero-order chi connectivity index (χ0) is 23.0. The number of rotatable bonds is 3. The fourth-order valence-electron chi connectivity index (χ4n) is 4.43. The molecular weight excluding hydrogens is 467 g/mol. The van der Waals surface area contributed by atoms with Gasteiger partial charge in [0, 0.05) is 6.20 Å². The van der Waals surface area contributed by atoms with Crippen molar-refractivity contribution in [2.24, 2.45) is 0 Å². The molecule has 1 aromatic carbocycles. The summed E-state index contributed by atoms with van der Waals surface area (Å²) in [5.41, 5.74) is -1.25. The van der Waals surface area contributed by atoms with E-state index in [1.54, 1.807) is 13.8 Å². The van der Waals surface area contributed by atoms with Crippen molar-refractivity contribution in [3.63, 3.8) is 0 Å². The summed E-state index contributed by atoms with van der Waals surface area (Å²) in [6, 6.07) is 4.01. The lowest BCUT2D eigenvalue weighted by Gasteiger charge is -2.34. The highest BCUT2D eigenvalue weighted by Crippen LogP contribution is 2.49. The smallest absolute Gasteiger partial charge is 0.165 e. The van der Waals surface area contributed by atoms with E-state index in [9.17, 15) is 13.9 Å². The molecule has 0 bridgehead atoms. The van der Waals surface area contributed by atoms with Crippen molar-refractivity contribution in [1.82, 2.24) is 14.5 Å². The number of hydrogen-bond donors (Lipinski definition) is 1. The fraction of sp³-hybridized carbons (Fsp3) is 0.429. The SMILES string of the molecule is CC1(C)O[C@@H]2[C@H](O1)[C@@H](C(C)(O)c1ccc(Cl)c(F)c1)O[C@H]2n1cc(F)c2c(Cl)ncnc21. The number of benzene rings is 1. The maximum Gasteiger partial charge on any atom is 0.165 e. The van der Waals surface area contributed by atoms with E-state index in [2.05, 4.69) is 9.97 Å². The van der Waals surface area contributed by atoms with Gasteiger partial charge in [0.25, 0.3) is 0 Å². The largest absolute Gasteiger partial charge is 0.383 e. The molecule has 0 aliphatic carbocycles. The molecule has 0 radical (unpaired) electrons. The van der Waals surface area contributed by atoms with E-state index < -0.39 is 47.6 Å². The molecule has 32 heavy (non-hydrogen) atoms. The summed E-state index contributed by atoms with van der Waals surface area (Å²) in [5, 5.41) is 11.4. The van der Waals surface area contributed by atoms with Gasteiger partial charge in [-0.3, -0.25) is 0 Å². The van der Waals surface area contributed by atoms with E-state index in [1.807, 2.05) is 0 Å². The van der Waals surface area contributed by atoms with Gasteiger partial charge in [-0.25, -0.2) is 18.7 Å². The van der Waals surface area contributed by atoms with Crippen molar-refractivity contribution >= 4 is 34.2 Å². The van der Waals surface area contributed by atoms with Gasteiger partial charge < -0.3 is 23.9 Å². The van der Waals surface area contributed by atoms with E-state index in [4.69, 9.17) is 37.4 Å². The maximum atomic E-state index is 14.7.